The summed E-state index contributed by atoms with van der Waals surface area (Å²) in [6.45, 7) is 3.40. The quantitative estimate of drug-likeness (QED) is 0.606. The summed E-state index contributed by atoms with van der Waals surface area (Å²) < 4.78 is 6.66. The summed E-state index contributed by atoms with van der Waals surface area (Å²) in [6, 6.07) is 5.02. The van der Waals surface area contributed by atoms with Crippen LogP contribution in [0.4, 0.5) is 11.4 Å². The number of carbonyl (C=O) groups is 1. The molecule has 0 bridgehead atoms. The van der Waals surface area contributed by atoms with E-state index in [0.717, 1.165) is 0 Å². The first-order chi connectivity index (χ1) is 9.70. The molecule has 20 heavy (non-hydrogen) atoms. The Kier molecular flexibility index (Phi) is 4.54. The second-order valence-corrected chi connectivity index (χ2v) is 4.12. The van der Waals surface area contributed by atoms with Gasteiger partial charge in [-0.05, 0) is 25.1 Å². The van der Waals surface area contributed by atoms with Crippen molar-refractivity contribution < 1.29 is 9.53 Å². The molecule has 0 saturated heterocycles. The second-order valence-electron chi connectivity index (χ2n) is 4.12. The monoisotopic (exact) mass is 275 g/mol. The zero-order valence-electron chi connectivity index (χ0n) is 11.2. The number of hydrogen-bond acceptors (Lipinski definition) is 6. The number of nitrogens with zero attached hydrogens (tertiary/aromatic N) is 3. The third-order valence-corrected chi connectivity index (χ3v) is 2.69. The molecule has 3 N–H and O–H groups in total. The zero-order chi connectivity index (χ0) is 14.4. The molecule has 0 atom stereocenters. The zero-order valence-corrected chi connectivity index (χ0v) is 11.2. The van der Waals surface area contributed by atoms with Crippen molar-refractivity contribution >= 4 is 17.3 Å². The van der Waals surface area contributed by atoms with Crippen LogP contribution >= 0.6 is 0 Å². The highest BCUT2D eigenvalue weighted by Gasteiger charge is 2.09. The Morgan fingerprint density at radius 2 is 2.35 bits per heavy atom. The number of nitrogens with two attached hydrogens (primary N) is 1. The molecule has 1 aromatic heterocycles. The molecule has 0 aliphatic rings. The summed E-state index contributed by atoms with van der Waals surface area (Å²) >= 11 is 0. The van der Waals surface area contributed by atoms with E-state index in [9.17, 15) is 4.79 Å². The first-order valence-electron chi connectivity index (χ1n) is 6.35. The first-order valence-corrected chi connectivity index (χ1v) is 6.35. The second kappa shape index (κ2) is 6.55. The predicted octanol–water partition coefficient (Wildman–Crippen LogP) is 1.15. The van der Waals surface area contributed by atoms with Crippen molar-refractivity contribution in [3.8, 4) is 0 Å². The fourth-order valence-electron chi connectivity index (χ4n) is 1.71. The molecule has 0 saturated carbocycles. The molecule has 0 unspecified atom stereocenters. The van der Waals surface area contributed by atoms with Crippen LogP contribution in [-0.2, 0) is 11.3 Å². The molecule has 2 rings (SSSR count). The van der Waals surface area contributed by atoms with Crippen LogP contribution < -0.4 is 11.1 Å². The summed E-state index contributed by atoms with van der Waals surface area (Å²) in [6.07, 6.45) is 3.40. The normalized spacial score (nSPS) is 10.2. The molecule has 1 aromatic carbocycles. The van der Waals surface area contributed by atoms with Crippen molar-refractivity contribution in [3.05, 3.63) is 36.2 Å². The number of hydrogen-bond donors (Lipinski definition) is 2. The summed E-state index contributed by atoms with van der Waals surface area (Å²) in [7, 11) is 0. The number of aromatic nitrogens is 3. The third kappa shape index (κ3) is 3.47. The number of carbonyl (C=O) groups excluding carboxylic acids is 1. The van der Waals surface area contributed by atoms with Crippen LogP contribution in [0.3, 0.4) is 0 Å². The van der Waals surface area contributed by atoms with Gasteiger partial charge in [-0.15, -0.1) is 5.10 Å². The van der Waals surface area contributed by atoms with Gasteiger partial charge in [0.2, 0.25) is 0 Å². The van der Waals surface area contributed by atoms with Gasteiger partial charge in [-0.3, -0.25) is 4.68 Å². The molecule has 0 spiro atoms. The molecule has 0 aliphatic carbocycles. The average Bonchev–Trinajstić information content (AvgIpc) is 2.94. The van der Waals surface area contributed by atoms with E-state index in [1.54, 1.807) is 42.2 Å². The first kappa shape index (κ1) is 13.9. The van der Waals surface area contributed by atoms with Crippen molar-refractivity contribution in [2.75, 3.05) is 24.2 Å². The lowest BCUT2D eigenvalue weighted by molar-refractivity contribution is 0.0526. The van der Waals surface area contributed by atoms with E-state index in [1.165, 1.54) is 0 Å². The predicted molar refractivity (Wildman–Crippen MR) is 75.3 cm³/mol. The van der Waals surface area contributed by atoms with Crippen LogP contribution in [0.25, 0.3) is 0 Å². The molecule has 0 fully saturated rings. The summed E-state index contributed by atoms with van der Waals surface area (Å²) in [5.74, 6) is -0.355. The van der Waals surface area contributed by atoms with E-state index in [-0.39, 0.29) is 5.97 Å². The summed E-state index contributed by atoms with van der Waals surface area (Å²) in [5, 5.41) is 10.8. The number of ether oxygens (including phenoxy) is 1. The number of nitrogens with one attached hydrogen (secondary N) is 1. The molecule has 7 nitrogen and oxygen atoms in total. The Labute approximate surface area is 116 Å². The molecule has 1 heterocycles. The van der Waals surface area contributed by atoms with Crippen LogP contribution in [0.2, 0.25) is 0 Å². The van der Waals surface area contributed by atoms with Crippen LogP contribution in [0, 0.1) is 0 Å². The molecule has 106 valence electrons. The highest BCUT2D eigenvalue weighted by molar-refractivity contribution is 5.92. The standard InChI is InChI=1S/C13H17N5O2/c1-2-20-13(19)10-3-4-11(14)12(9-10)15-5-7-18-8-6-16-17-18/h3-4,6,8-9,15H,2,5,7,14H2,1H3. The van der Waals surface area contributed by atoms with E-state index in [1.807, 2.05) is 0 Å². The number of esters is 1. The lowest BCUT2D eigenvalue weighted by atomic mass is 10.1. The number of rotatable bonds is 6. The highest BCUT2D eigenvalue weighted by atomic mass is 16.5. The average molecular weight is 275 g/mol. The highest BCUT2D eigenvalue weighted by Crippen LogP contribution is 2.20. The number of anilines is 2. The van der Waals surface area contributed by atoms with Gasteiger partial charge in [0.25, 0.3) is 0 Å². The molecular formula is C13H17N5O2. The Balaban J connectivity index is 1.99. The maximum atomic E-state index is 11.7. The smallest absolute Gasteiger partial charge is 0.338 e. The summed E-state index contributed by atoms with van der Waals surface area (Å²) in [4.78, 5) is 11.7. The Morgan fingerprint density at radius 1 is 1.50 bits per heavy atom. The number of nitrogen functional groups attached to an aromatic ring is 1. The Bertz CT molecular complexity index is 568. The largest absolute Gasteiger partial charge is 0.462 e. The van der Waals surface area contributed by atoms with Gasteiger partial charge in [0.1, 0.15) is 0 Å². The SMILES string of the molecule is CCOC(=O)c1ccc(N)c(NCCn2ccnn2)c1. The topological polar surface area (TPSA) is 95.1 Å². The lowest BCUT2D eigenvalue weighted by Crippen LogP contribution is -2.13. The van der Waals surface area contributed by atoms with E-state index in [2.05, 4.69) is 15.6 Å². The van der Waals surface area contributed by atoms with Gasteiger partial charge in [-0.1, -0.05) is 5.21 Å². The maximum Gasteiger partial charge on any atom is 0.338 e. The van der Waals surface area contributed by atoms with Crippen molar-refractivity contribution in [3.63, 3.8) is 0 Å². The van der Waals surface area contributed by atoms with Crippen LogP contribution in [0.5, 0.6) is 0 Å². The van der Waals surface area contributed by atoms with Gasteiger partial charge in [0, 0.05) is 12.7 Å². The maximum absolute atomic E-state index is 11.7. The minimum absolute atomic E-state index is 0.346. The molecule has 2 aromatic rings. The molecule has 0 aliphatic heterocycles. The summed E-state index contributed by atoms with van der Waals surface area (Å²) in [5.41, 5.74) is 7.63. The molecule has 0 amide bonds. The van der Waals surface area contributed by atoms with Gasteiger partial charge in [0.05, 0.1) is 36.3 Å². The van der Waals surface area contributed by atoms with Crippen molar-refractivity contribution in [1.29, 1.82) is 0 Å². The van der Waals surface area contributed by atoms with E-state index in [0.29, 0.717) is 36.6 Å². The Hall–Kier alpha value is -2.57. The van der Waals surface area contributed by atoms with Crippen LogP contribution in [-0.4, -0.2) is 34.1 Å². The number of benzene rings is 1. The minimum Gasteiger partial charge on any atom is -0.462 e. The molecular weight excluding hydrogens is 258 g/mol. The Morgan fingerprint density at radius 3 is 3.05 bits per heavy atom. The molecule has 7 heteroatoms. The van der Waals surface area contributed by atoms with E-state index >= 15 is 0 Å². The van der Waals surface area contributed by atoms with Gasteiger partial charge in [0.15, 0.2) is 0 Å². The van der Waals surface area contributed by atoms with Crippen LogP contribution in [0.15, 0.2) is 30.6 Å². The van der Waals surface area contributed by atoms with Crippen molar-refractivity contribution in [1.82, 2.24) is 15.0 Å². The van der Waals surface area contributed by atoms with Gasteiger partial charge < -0.3 is 15.8 Å². The van der Waals surface area contributed by atoms with Crippen molar-refractivity contribution in [2.45, 2.75) is 13.5 Å². The van der Waals surface area contributed by atoms with Crippen molar-refractivity contribution in [2.24, 2.45) is 0 Å². The molecule has 0 radical (unpaired) electrons. The van der Waals surface area contributed by atoms with Gasteiger partial charge >= 0.3 is 5.97 Å². The minimum atomic E-state index is -0.355. The van der Waals surface area contributed by atoms with Gasteiger partial charge in [-0.25, -0.2) is 4.79 Å². The van der Waals surface area contributed by atoms with Crippen LogP contribution in [0.1, 0.15) is 17.3 Å². The fraction of sp³-hybridized carbons (Fsp3) is 0.308. The third-order valence-electron chi connectivity index (χ3n) is 2.69. The fourth-order valence-corrected chi connectivity index (χ4v) is 1.71. The van der Waals surface area contributed by atoms with Gasteiger partial charge in [-0.2, -0.15) is 0 Å². The lowest BCUT2D eigenvalue weighted by Gasteiger charge is -2.11. The van der Waals surface area contributed by atoms with E-state index in [4.69, 9.17) is 10.5 Å². The van der Waals surface area contributed by atoms with E-state index < -0.39 is 0 Å².